The Bertz CT molecular complexity index is 1160. The Hall–Kier alpha value is -3.45. The van der Waals surface area contributed by atoms with Gasteiger partial charge in [0.15, 0.2) is 11.0 Å². The molecule has 4 rings (SSSR count). The van der Waals surface area contributed by atoms with E-state index in [0.29, 0.717) is 17.5 Å². The van der Waals surface area contributed by atoms with Crippen LogP contribution in [0.3, 0.4) is 0 Å². The van der Waals surface area contributed by atoms with Crippen LogP contribution in [0.5, 0.6) is 0 Å². The van der Waals surface area contributed by atoms with Crippen molar-refractivity contribution in [3.8, 4) is 17.1 Å². The van der Waals surface area contributed by atoms with E-state index in [1.807, 2.05) is 66.1 Å². The van der Waals surface area contributed by atoms with Crippen LogP contribution in [0.25, 0.3) is 17.1 Å². The number of aryl methyl sites for hydroxylation is 1. The Morgan fingerprint density at radius 2 is 1.68 bits per heavy atom. The summed E-state index contributed by atoms with van der Waals surface area (Å²) in [5.41, 5.74) is 3.84. The largest absolute Gasteiger partial charge is 0.351 e. The molecule has 4 aromatic rings. The van der Waals surface area contributed by atoms with E-state index < -0.39 is 0 Å². The van der Waals surface area contributed by atoms with Gasteiger partial charge in [-0.3, -0.25) is 9.36 Å². The van der Waals surface area contributed by atoms with E-state index in [2.05, 4.69) is 15.5 Å². The van der Waals surface area contributed by atoms with Crippen molar-refractivity contribution in [2.24, 2.45) is 0 Å². The van der Waals surface area contributed by atoms with Gasteiger partial charge in [0, 0.05) is 17.8 Å². The minimum absolute atomic E-state index is 0.0968. The van der Waals surface area contributed by atoms with E-state index in [9.17, 15) is 9.18 Å². The number of hydrogen-bond donors (Lipinski definition) is 1. The van der Waals surface area contributed by atoms with Gasteiger partial charge in [-0.15, -0.1) is 10.2 Å². The molecular weight excluding hydrogens is 411 g/mol. The van der Waals surface area contributed by atoms with Gasteiger partial charge in [0.25, 0.3) is 0 Å². The average Bonchev–Trinajstić information content (AvgIpc) is 3.22. The number of rotatable bonds is 7. The second-order valence-corrected chi connectivity index (χ2v) is 7.98. The number of carbonyl (C=O) groups excluding carboxylic acids is 1. The number of nitrogens with zero attached hydrogens (tertiary/aromatic N) is 3. The van der Waals surface area contributed by atoms with Gasteiger partial charge in [0.05, 0.1) is 5.75 Å². The number of nitrogens with one attached hydrogen (secondary N) is 1. The number of amides is 1. The van der Waals surface area contributed by atoms with E-state index in [0.717, 1.165) is 16.8 Å². The van der Waals surface area contributed by atoms with E-state index in [1.54, 1.807) is 12.1 Å². The maximum absolute atomic E-state index is 13.5. The molecule has 7 heteroatoms. The predicted octanol–water partition coefficient (Wildman–Crippen LogP) is 4.79. The van der Waals surface area contributed by atoms with Crippen molar-refractivity contribution in [1.29, 1.82) is 0 Å². The molecule has 0 spiro atoms. The van der Waals surface area contributed by atoms with Crippen LogP contribution in [-0.2, 0) is 11.3 Å². The normalized spacial score (nSPS) is 10.8. The molecule has 0 aliphatic rings. The van der Waals surface area contributed by atoms with Gasteiger partial charge in [-0.25, -0.2) is 4.39 Å². The van der Waals surface area contributed by atoms with Crippen molar-refractivity contribution in [3.63, 3.8) is 0 Å². The first-order valence-electron chi connectivity index (χ1n) is 9.82. The molecule has 156 valence electrons. The monoisotopic (exact) mass is 432 g/mol. The topological polar surface area (TPSA) is 59.8 Å². The third kappa shape index (κ3) is 5.19. The Balaban J connectivity index is 1.51. The fraction of sp³-hybridized carbons (Fsp3) is 0.125. The molecule has 0 fully saturated rings. The lowest BCUT2D eigenvalue weighted by atomic mass is 10.1. The van der Waals surface area contributed by atoms with Gasteiger partial charge in [-0.05, 0) is 36.8 Å². The average molecular weight is 433 g/mol. The van der Waals surface area contributed by atoms with Crippen LogP contribution in [-0.4, -0.2) is 26.4 Å². The van der Waals surface area contributed by atoms with Crippen LogP contribution >= 0.6 is 11.8 Å². The van der Waals surface area contributed by atoms with Crippen LogP contribution in [0.1, 0.15) is 11.1 Å². The summed E-state index contributed by atoms with van der Waals surface area (Å²) in [6.45, 7) is 2.50. The van der Waals surface area contributed by atoms with Gasteiger partial charge < -0.3 is 5.32 Å². The Morgan fingerprint density at radius 1 is 0.968 bits per heavy atom. The summed E-state index contributed by atoms with van der Waals surface area (Å²) in [7, 11) is 0. The van der Waals surface area contributed by atoms with Gasteiger partial charge >= 0.3 is 0 Å². The molecule has 0 saturated heterocycles. The highest BCUT2D eigenvalue weighted by Crippen LogP contribution is 2.28. The first-order chi connectivity index (χ1) is 15.1. The lowest BCUT2D eigenvalue weighted by Crippen LogP contribution is -2.24. The van der Waals surface area contributed by atoms with Crippen molar-refractivity contribution in [2.75, 3.05) is 5.75 Å². The van der Waals surface area contributed by atoms with Crippen molar-refractivity contribution in [3.05, 3.63) is 95.8 Å². The third-order valence-electron chi connectivity index (χ3n) is 4.69. The lowest BCUT2D eigenvalue weighted by molar-refractivity contribution is -0.118. The van der Waals surface area contributed by atoms with E-state index >= 15 is 0 Å². The molecule has 1 aromatic heterocycles. The zero-order valence-electron chi connectivity index (χ0n) is 17.0. The SMILES string of the molecule is Cc1ccc(CNC(=O)CSc2nnc(-c3ccccc3)n2-c2ccc(F)cc2)cc1. The molecule has 1 heterocycles. The standard InChI is InChI=1S/C24H21FN4OS/c1-17-7-9-18(10-8-17)15-26-22(30)16-31-24-28-27-23(19-5-3-2-4-6-19)29(24)21-13-11-20(25)12-14-21/h2-14H,15-16H2,1H3,(H,26,30). The molecule has 5 nitrogen and oxygen atoms in total. The highest BCUT2D eigenvalue weighted by Gasteiger charge is 2.17. The summed E-state index contributed by atoms with van der Waals surface area (Å²) in [5.74, 6) is 0.415. The zero-order valence-corrected chi connectivity index (χ0v) is 17.8. The summed E-state index contributed by atoms with van der Waals surface area (Å²) < 4.78 is 15.3. The van der Waals surface area contributed by atoms with Gasteiger partial charge in [-0.1, -0.05) is 71.9 Å². The first-order valence-corrected chi connectivity index (χ1v) is 10.8. The summed E-state index contributed by atoms with van der Waals surface area (Å²) in [5, 5.41) is 12.1. The van der Waals surface area contributed by atoms with Gasteiger partial charge in [0.2, 0.25) is 5.91 Å². The third-order valence-corrected chi connectivity index (χ3v) is 5.62. The maximum Gasteiger partial charge on any atom is 0.230 e. The Kier molecular flexibility index (Phi) is 6.43. The number of thioether (sulfide) groups is 1. The number of hydrogen-bond acceptors (Lipinski definition) is 4. The maximum atomic E-state index is 13.5. The molecule has 0 aliphatic carbocycles. The first kappa shape index (κ1) is 20.8. The summed E-state index contributed by atoms with van der Waals surface area (Å²) in [6, 6.07) is 23.8. The summed E-state index contributed by atoms with van der Waals surface area (Å²) in [4.78, 5) is 12.4. The fourth-order valence-electron chi connectivity index (χ4n) is 3.05. The molecule has 0 aliphatic heterocycles. The van der Waals surface area contributed by atoms with Crippen molar-refractivity contribution in [1.82, 2.24) is 20.1 Å². The smallest absolute Gasteiger partial charge is 0.230 e. The number of benzene rings is 3. The molecule has 0 atom stereocenters. The zero-order chi connectivity index (χ0) is 21.6. The fourth-order valence-corrected chi connectivity index (χ4v) is 3.83. The van der Waals surface area contributed by atoms with Crippen LogP contribution in [0.4, 0.5) is 4.39 Å². The lowest BCUT2D eigenvalue weighted by Gasteiger charge is -2.10. The molecule has 0 radical (unpaired) electrons. The predicted molar refractivity (Wildman–Crippen MR) is 121 cm³/mol. The second kappa shape index (κ2) is 9.57. The van der Waals surface area contributed by atoms with E-state index in [4.69, 9.17) is 0 Å². The molecular formula is C24H21FN4OS. The van der Waals surface area contributed by atoms with Crippen molar-refractivity contribution >= 4 is 17.7 Å². The molecule has 0 unspecified atom stereocenters. The van der Waals surface area contributed by atoms with Crippen LogP contribution in [0.2, 0.25) is 0 Å². The number of carbonyl (C=O) groups is 1. The van der Waals surface area contributed by atoms with Gasteiger partial charge in [-0.2, -0.15) is 0 Å². The van der Waals surface area contributed by atoms with Crippen LogP contribution < -0.4 is 5.32 Å². The molecule has 31 heavy (non-hydrogen) atoms. The van der Waals surface area contributed by atoms with Crippen LogP contribution in [0, 0.1) is 12.7 Å². The van der Waals surface area contributed by atoms with Crippen molar-refractivity contribution in [2.45, 2.75) is 18.6 Å². The molecule has 0 bridgehead atoms. The summed E-state index contributed by atoms with van der Waals surface area (Å²) in [6.07, 6.45) is 0. The van der Waals surface area contributed by atoms with E-state index in [1.165, 1.54) is 29.5 Å². The second-order valence-electron chi connectivity index (χ2n) is 7.04. The number of halogens is 1. The molecule has 1 N–H and O–H groups in total. The minimum Gasteiger partial charge on any atom is -0.351 e. The van der Waals surface area contributed by atoms with E-state index in [-0.39, 0.29) is 17.5 Å². The van der Waals surface area contributed by atoms with Crippen LogP contribution in [0.15, 0.2) is 84.0 Å². The highest BCUT2D eigenvalue weighted by atomic mass is 32.2. The quantitative estimate of drug-likeness (QED) is 0.427. The summed E-state index contributed by atoms with van der Waals surface area (Å²) >= 11 is 1.29. The van der Waals surface area contributed by atoms with Crippen molar-refractivity contribution < 1.29 is 9.18 Å². The minimum atomic E-state index is -0.317. The molecule has 0 saturated carbocycles. The Morgan fingerprint density at radius 3 is 2.39 bits per heavy atom. The number of aromatic nitrogens is 3. The molecule has 1 amide bonds. The Labute approximate surface area is 184 Å². The molecule has 3 aromatic carbocycles. The van der Waals surface area contributed by atoms with Gasteiger partial charge in [0.1, 0.15) is 5.82 Å². The highest BCUT2D eigenvalue weighted by molar-refractivity contribution is 7.99.